The van der Waals surface area contributed by atoms with Crippen molar-refractivity contribution in [2.45, 2.75) is 91.1 Å². The average molecular weight is 806 g/mol. The smallest absolute Gasteiger partial charge is 0.404 e. The third-order valence-corrected chi connectivity index (χ3v) is 10.8. The maximum atomic E-state index is 14.7. The highest BCUT2D eigenvalue weighted by atomic mass is 16.4. The van der Waals surface area contributed by atoms with E-state index in [9.17, 15) is 24.3 Å². The van der Waals surface area contributed by atoms with Gasteiger partial charge in [0, 0.05) is 49.5 Å². The molecule has 1 saturated heterocycles. The first-order valence-corrected chi connectivity index (χ1v) is 20.1. The number of benzene rings is 3. The number of hydrogen-bond donors (Lipinski definition) is 7. The van der Waals surface area contributed by atoms with Crippen LogP contribution in [0.5, 0.6) is 0 Å². The monoisotopic (exact) mass is 805 g/mol. The number of nitrogens with two attached hydrogens (primary N) is 1. The van der Waals surface area contributed by atoms with E-state index >= 15 is 0 Å². The highest BCUT2D eigenvalue weighted by molar-refractivity contribution is 5.84. The Bertz CT molecular complexity index is 2000. The first kappa shape index (κ1) is 44.2. The standard InChI is InChI=1S/C46H59N7O6/c1-45(2,3)41(38-27-49-43(57)53(38)28-32-16-20-34(47)21-17-32)42(56)52-37(24-30-11-7-6-8-12-30)39(54)25-35(51-40(55)26-46(4,5)29-50-44(58)59)23-31-14-18-33(19-15-31)36-13-9-10-22-48-36/h6-22,35,37-39,41,50,54H,23-29,47H2,1-5H3,(H,49,57)(H,51,55)(H,52,56)(H,58,59). The summed E-state index contributed by atoms with van der Waals surface area (Å²) in [6.07, 6.45) is 0.303. The van der Waals surface area contributed by atoms with Crippen LogP contribution in [0.1, 0.15) is 64.2 Å². The fourth-order valence-corrected chi connectivity index (χ4v) is 7.80. The molecule has 314 valence electrons. The number of anilines is 1. The van der Waals surface area contributed by atoms with Crippen LogP contribution >= 0.6 is 0 Å². The van der Waals surface area contributed by atoms with Crippen molar-refractivity contribution >= 4 is 29.6 Å². The largest absolute Gasteiger partial charge is 0.465 e. The van der Waals surface area contributed by atoms with E-state index < -0.39 is 47.1 Å². The maximum Gasteiger partial charge on any atom is 0.404 e. The van der Waals surface area contributed by atoms with Crippen molar-refractivity contribution < 1.29 is 29.4 Å². The Morgan fingerprint density at radius 1 is 0.864 bits per heavy atom. The van der Waals surface area contributed by atoms with Crippen molar-refractivity contribution in [3.63, 3.8) is 0 Å². The molecule has 3 aromatic carbocycles. The van der Waals surface area contributed by atoms with Gasteiger partial charge in [-0.3, -0.25) is 14.6 Å². The highest BCUT2D eigenvalue weighted by Crippen LogP contribution is 2.34. The molecule has 2 heterocycles. The van der Waals surface area contributed by atoms with Gasteiger partial charge in [-0.15, -0.1) is 0 Å². The van der Waals surface area contributed by atoms with E-state index in [1.807, 2.05) is 120 Å². The summed E-state index contributed by atoms with van der Waals surface area (Å²) in [4.78, 5) is 58.9. The second-order valence-electron chi connectivity index (χ2n) is 17.5. The molecule has 0 spiro atoms. The van der Waals surface area contributed by atoms with Crippen molar-refractivity contribution in [3.8, 4) is 11.3 Å². The lowest BCUT2D eigenvalue weighted by Crippen LogP contribution is -2.56. The summed E-state index contributed by atoms with van der Waals surface area (Å²) in [5, 5.41) is 33.0. The fraction of sp³-hybridized carbons (Fsp3) is 0.413. The van der Waals surface area contributed by atoms with Crippen molar-refractivity contribution in [2.75, 3.05) is 18.8 Å². The van der Waals surface area contributed by atoms with Gasteiger partial charge in [0.25, 0.3) is 0 Å². The minimum Gasteiger partial charge on any atom is -0.465 e. The molecule has 59 heavy (non-hydrogen) atoms. The summed E-state index contributed by atoms with van der Waals surface area (Å²) in [6, 6.07) is 28.5. The summed E-state index contributed by atoms with van der Waals surface area (Å²) >= 11 is 0. The minimum atomic E-state index is -1.17. The van der Waals surface area contributed by atoms with Crippen LogP contribution < -0.4 is 27.0 Å². The number of aliphatic hydroxyl groups excluding tert-OH is 1. The molecule has 1 aliphatic rings. The van der Waals surface area contributed by atoms with Gasteiger partial charge < -0.3 is 42.1 Å². The van der Waals surface area contributed by atoms with E-state index in [1.54, 1.807) is 23.2 Å². The van der Waals surface area contributed by atoms with Gasteiger partial charge in [-0.2, -0.15) is 0 Å². The molecule has 13 heteroatoms. The second-order valence-corrected chi connectivity index (χ2v) is 17.5. The zero-order valence-corrected chi connectivity index (χ0v) is 34.7. The quantitative estimate of drug-likeness (QED) is 0.0615. The molecule has 5 rings (SSSR count). The van der Waals surface area contributed by atoms with Gasteiger partial charge >= 0.3 is 12.1 Å². The van der Waals surface area contributed by atoms with Gasteiger partial charge in [-0.05, 0) is 71.0 Å². The van der Waals surface area contributed by atoms with Crippen LogP contribution in [0.3, 0.4) is 0 Å². The zero-order chi connectivity index (χ0) is 42.7. The van der Waals surface area contributed by atoms with Crippen LogP contribution in [-0.4, -0.2) is 81.4 Å². The number of hydrogen-bond acceptors (Lipinski definition) is 7. The van der Waals surface area contributed by atoms with E-state index in [4.69, 9.17) is 10.8 Å². The number of pyridine rings is 1. The van der Waals surface area contributed by atoms with Crippen molar-refractivity contribution in [1.29, 1.82) is 0 Å². The summed E-state index contributed by atoms with van der Waals surface area (Å²) in [6.45, 7) is 10.2. The molecule has 13 nitrogen and oxygen atoms in total. The predicted molar refractivity (Wildman–Crippen MR) is 229 cm³/mol. The molecule has 5 amide bonds. The molecule has 0 bridgehead atoms. The first-order chi connectivity index (χ1) is 28.0. The number of carbonyl (C=O) groups excluding carboxylic acids is 3. The summed E-state index contributed by atoms with van der Waals surface area (Å²) < 4.78 is 0. The molecule has 0 aliphatic carbocycles. The molecule has 8 N–H and O–H groups in total. The number of carboxylic acid groups (broad SMARTS) is 1. The van der Waals surface area contributed by atoms with Crippen LogP contribution in [0.4, 0.5) is 15.3 Å². The molecular weight excluding hydrogens is 747 g/mol. The van der Waals surface area contributed by atoms with Crippen molar-refractivity contribution in [1.82, 2.24) is 31.2 Å². The highest BCUT2D eigenvalue weighted by Gasteiger charge is 2.46. The van der Waals surface area contributed by atoms with Gasteiger partial charge in [0.2, 0.25) is 11.8 Å². The molecule has 1 fully saturated rings. The van der Waals surface area contributed by atoms with E-state index in [0.717, 1.165) is 27.9 Å². The Labute approximate surface area is 347 Å². The third-order valence-electron chi connectivity index (χ3n) is 10.8. The number of aromatic nitrogens is 1. The summed E-state index contributed by atoms with van der Waals surface area (Å²) in [7, 11) is 0. The van der Waals surface area contributed by atoms with E-state index in [2.05, 4.69) is 26.3 Å². The average Bonchev–Trinajstić information content (AvgIpc) is 3.52. The van der Waals surface area contributed by atoms with E-state index in [-0.39, 0.29) is 43.8 Å². The number of amides is 5. The maximum absolute atomic E-state index is 14.7. The van der Waals surface area contributed by atoms with Gasteiger partial charge in [0.05, 0.1) is 29.8 Å². The number of carbonyl (C=O) groups is 4. The Morgan fingerprint density at radius 3 is 2.14 bits per heavy atom. The van der Waals surface area contributed by atoms with E-state index in [0.29, 0.717) is 25.1 Å². The van der Waals surface area contributed by atoms with Crippen LogP contribution in [0.2, 0.25) is 0 Å². The Kier molecular flexibility index (Phi) is 14.7. The van der Waals surface area contributed by atoms with Crippen molar-refractivity contribution in [3.05, 3.63) is 120 Å². The Morgan fingerprint density at radius 2 is 1.51 bits per heavy atom. The number of rotatable bonds is 18. The topological polar surface area (TPSA) is 199 Å². The lowest BCUT2D eigenvalue weighted by molar-refractivity contribution is -0.132. The number of nitrogens with one attached hydrogen (secondary N) is 4. The van der Waals surface area contributed by atoms with Gasteiger partial charge in [-0.25, -0.2) is 9.59 Å². The Balaban J connectivity index is 1.40. The third kappa shape index (κ3) is 13.0. The normalized spacial score (nSPS) is 16.3. The molecule has 1 aliphatic heterocycles. The lowest BCUT2D eigenvalue weighted by atomic mass is 9.75. The summed E-state index contributed by atoms with van der Waals surface area (Å²) in [5.41, 5.74) is 9.74. The van der Waals surface area contributed by atoms with Crippen LogP contribution in [0.25, 0.3) is 11.3 Å². The van der Waals surface area contributed by atoms with Crippen molar-refractivity contribution in [2.24, 2.45) is 16.7 Å². The van der Waals surface area contributed by atoms with Crippen LogP contribution in [-0.2, 0) is 29.0 Å². The zero-order valence-electron chi connectivity index (χ0n) is 34.7. The van der Waals surface area contributed by atoms with Gasteiger partial charge in [-0.1, -0.05) is 107 Å². The molecule has 5 atom stereocenters. The molecular formula is C46H59N7O6. The number of nitrogens with zero attached hydrogens (tertiary/aromatic N) is 2. The molecule has 1 aromatic heterocycles. The number of aliphatic hydroxyl groups is 1. The van der Waals surface area contributed by atoms with Crippen LogP contribution in [0.15, 0.2) is 103 Å². The Hall–Kier alpha value is -5.95. The predicted octanol–water partition coefficient (Wildman–Crippen LogP) is 5.78. The first-order valence-electron chi connectivity index (χ1n) is 20.1. The second kappa shape index (κ2) is 19.7. The molecule has 4 aromatic rings. The summed E-state index contributed by atoms with van der Waals surface area (Å²) in [5.74, 6) is -1.24. The fourth-order valence-electron chi connectivity index (χ4n) is 7.80. The minimum absolute atomic E-state index is 0.0386. The number of nitrogen functional groups attached to an aromatic ring is 1. The van der Waals surface area contributed by atoms with Gasteiger partial charge in [0.15, 0.2) is 0 Å². The number of urea groups is 1. The lowest BCUT2D eigenvalue weighted by Gasteiger charge is -2.39. The molecule has 5 unspecified atom stereocenters. The molecule has 0 radical (unpaired) electrons. The van der Waals surface area contributed by atoms with E-state index in [1.165, 1.54) is 0 Å². The van der Waals surface area contributed by atoms with Gasteiger partial charge in [0.1, 0.15) is 0 Å². The SMILES string of the molecule is CC(C)(CNC(=O)O)CC(=O)NC(Cc1ccc(-c2ccccn2)cc1)CC(O)C(Cc1ccccc1)NC(=O)C(C1CNC(=O)N1Cc1ccc(N)cc1)C(C)(C)C. The molecule has 0 saturated carbocycles. The van der Waals surface area contributed by atoms with Crippen LogP contribution in [0, 0.1) is 16.7 Å².